The van der Waals surface area contributed by atoms with Gasteiger partial charge in [-0.1, -0.05) is 6.07 Å². The second-order valence-corrected chi connectivity index (χ2v) is 7.75. The normalized spacial score (nSPS) is 21.5. The lowest BCUT2D eigenvalue weighted by Crippen LogP contribution is -2.36. The van der Waals surface area contributed by atoms with Crippen molar-refractivity contribution in [3.8, 4) is 0 Å². The molecule has 3 aromatic rings. The van der Waals surface area contributed by atoms with Gasteiger partial charge in [-0.2, -0.15) is 18.3 Å². The number of pyridine rings is 1. The molecule has 0 N–H and O–H groups in total. The minimum atomic E-state index is -4.50. The molecule has 5 rings (SSSR count). The van der Waals surface area contributed by atoms with Crippen LogP contribution in [0.25, 0.3) is 11.2 Å². The van der Waals surface area contributed by atoms with Gasteiger partial charge in [-0.25, -0.2) is 28.4 Å². The molecule has 12 heteroatoms. The Kier molecular flexibility index (Phi) is 4.67. The molecule has 164 valence electrons. The first kappa shape index (κ1) is 19.9. The predicted octanol–water partition coefficient (Wildman–Crippen LogP) is 3.22. The van der Waals surface area contributed by atoms with E-state index in [4.69, 9.17) is 0 Å². The van der Waals surface area contributed by atoms with E-state index in [-0.39, 0.29) is 17.6 Å². The maximum atomic E-state index is 13.1. The summed E-state index contributed by atoms with van der Waals surface area (Å²) in [6, 6.07) is 3.91. The lowest BCUT2D eigenvalue weighted by atomic mass is 10.1. The Balaban J connectivity index is 1.38. The lowest BCUT2D eigenvalue weighted by molar-refractivity contribution is -0.141. The van der Waals surface area contributed by atoms with Crippen LogP contribution in [0.1, 0.15) is 12.1 Å². The summed E-state index contributed by atoms with van der Waals surface area (Å²) in [5, 5.41) is 3.92. The number of rotatable bonds is 4. The molecule has 0 bridgehead atoms. The summed E-state index contributed by atoms with van der Waals surface area (Å²) < 4.78 is 65.9. The molecule has 5 heterocycles. The summed E-state index contributed by atoms with van der Waals surface area (Å²) >= 11 is 0. The topological polar surface area (TPSA) is 63.0 Å². The van der Waals surface area contributed by atoms with Gasteiger partial charge in [0.1, 0.15) is 29.4 Å². The van der Waals surface area contributed by atoms with Crippen LogP contribution in [-0.4, -0.2) is 56.8 Å². The number of hydrogen-bond acceptors (Lipinski definition) is 6. The molecule has 2 atom stereocenters. The van der Waals surface area contributed by atoms with Crippen molar-refractivity contribution in [1.82, 2.24) is 24.7 Å². The van der Waals surface area contributed by atoms with Crippen molar-refractivity contribution in [1.29, 1.82) is 0 Å². The molecule has 0 amide bonds. The van der Waals surface area contributed by atoms with Crippen LogP contribution < -0.4 is 9.80 Å². The van der Waals surface area contributed by atoms with E-state index in [0.717, 1.165) is 17.2 Å². The number of aromatic nitrogens is 5. The molecule has 2 fully saturated rings. The largest absolute Gasteiger partial charge is 0.433 e. The van der Waals surface area contributed by atoms with Crippen molar-refractivity contribution >= 4 is 22.8 Å². The minimum Gasteiger partial charge on any atom is -0.353 e. The minimum absolute atomic E-state index is 0.0144. The molecule has 0 unspecified atom stereocenters. The van der Waals surface area contributed by atoms with Crippen LogP contribution in [0.4, 0.5) is 33.6 Å². The van der Waals surface area contributed by atoms with Crippen molar-refractivity contribution in [3.63, 3.8) is 0 Å². The summed E-state index contributed by atoms with van der Waals surface area (Å²) in [7, 11) is 0. The average Bonchev–Trinajstić information content (AvgIpc) is 3.41. The van der Waals surface area contributed by atoms with E-state index >= 15 is 0 Å². The van der Waals surface area contributed by atoms with E-state index in [2.05, 4.69) is 20.1 Å². The van der Waals surface area contributed by atoms with Crippen LogP contribution in [0.2, 0.25) is 0 Å². The quantitative estimate of drug-likeness (QED) is 0.582. The number of halogens is 5. The average molecular weight is 439 g/mol. The van der Waals surface area contributed by atoms with Gasteiger partial charge in [0.25, 0.3) is 6.43 Å². The fraction of sp³-hybridized carbons (Fsp3) is 0.474. The van der Waals surface area contributed by atoms with Crippen LogP contribution in [-0.2, 0) is 12.7 Å². The monoisotopic (exact) mass is 439 g/mol. The molecule has 2 aliphatic rings. The van der Waals surface area contributed by atoms with Crippen LogP contribution >= 0.6 is 0 Å². The first-order valence-electron chi connectivity index (χ1n) is 9.82. The number of nitrogens with zero attached hydrogens (tertiary/aromatic N) is 7. The summed E-state index contributed by atoms with van der Waals surface area (Å²) in [6.07, 6.45) is -3.27. The Morgan fingerprint density at radius 1 is 1.06 bits per heavy atom. The van der Waals surface area contributed by atoms with Crippen LogP contribution in [0.5, 0.6) is 0 Å². The molecule has 0 spiro atoms. The van der Waals surface area contributed by atoms with Gasteiger partial charge >= 0.3 is 6.18 Å². The maximum absolute atomic E-state index is 13.1. The Hall–Kier alpha value is -3.05. The molecule has 2 aliphatic heterocycles. The summed E-state index contributed by atoms with van der Waals surface area (Å²) in [5.41, 5.74) is -0.197. The number of fused-ring (bicyclic) bond motifs is 2. The van der Waals surface area contributed by atoms with Gasteiger partial charge in [0.2, 0.25) is 0 Å². The highest BCUT2D eigenvalue weighted by molar-refractivity contribution is 5.71. The third-order valence-corrected chi connectivity index (χ3v) is 5.83. The SMILES string of the molecule is FC(F)Cn1ncc2ncc(N3C[C@@H]4CCN(c5cccc(C(F)(F)F)n5)[C@@H]4C3)nc21. The number of anilines is 2. The van der Waals surface area contributed by atoms with E-state index in [1.54, 1.807) is 12.3 Å². The van der Waals surface area contributed by atoms with Crippen molar-refractivity contribution in [2.75, 3.05) is 29.4 Å². The van der Waals surface area contributed by atoms with Gasteiger partial charge < -0.3 is 9.80 Å². The highest BCUT2D eigenvalue weighted by atomic mass is 19.4. The van der Waals surface area contributed by atoms with Crippen molar-refractivity contribution < 1.29 is 22.0 Å². The first-order chi connectivity index (χ1) is 14.8. The molecule has 0 aliphatic carbocycles. The van der Waals surface area contributed by atoms with Gasteiger partial charge in [0, 0.05) is 25.6 Å². The molecular formula is C19H18F5N7. The fourth-order valence-corrected chi connectivity index (χ4v) is 4.43. The Morgan fingerprint density at radius 2 is 1.90 bits per heavy atom. The first-order valence-corrected chi connectivity index (χ1v) is 9.82. The van der Waals surface area contributed by atoms with E-state index in [9.17, 15) is 22.0 Å². The highest BCUT2D eigenvalue weighted by Gasteiger charge is 2.43. The van der Waals surface area contributed by atoms with Gasteiger partial charge in [-0.3, -0.25) is 0 Å². The van der Waals surface area contributed by atoms with E-state index in [0.29, 0.717) is 36.8 Å². The van der Waals surface area contributed by atoms with E-state index in [1.807, 2.05) is 9.80 Å². The maximum Gasteiger partial charge on any atom is 0.433 e. The van der Waals surface area contributed by atoms with Crippen LogP contribution in [0.3, 0.4) is 0 Å². The third kappa shape index (κ3) is 3.63. The zero-order chi connectivity index (χ0) is 21.8. The zero-order valence-corrected chi connectivity index (χ0v) is 16.2. The molecule has 0 saturated carbocycles. The molecule has 2 saturated heterocycles. The van der Waals surface area contributed by atoms with Crippen LogP contribution in [0, 0.1) is 5.92 Å². The third-order valence-electron chi connectivity index (χ3n) is 5.83. The number of alkyl halides is 5. The Labute approximate surface area is 173 Å². The predicted molar refractivity (Wildman–Crippen MR) is 102 cm³/mol. The van der Waals surface area contributed by atoms with Gasteiger partial charge in [-0.05, 0) is 18.6 Å². The fourth-order valence-electron chi connectivity index (χ4n) is 4.43. The second-order valence-electron chi connectivity index (χ2n) is 7.75. The van der Waals surface area contributed by atoms with Gasteiger partial charge in [0.05, 0.1) is 18.4 Å². The van der Waals surface area contributed by atoms with Crippen molar-refractivity contribution in [3.05, 3.63) is 36.3 Å². The molecule has 0 radical (unpaired) electrons. The van der Waals surface area contributed by atoms with E-state index in [1.165, 1.54) is 12.3 Å². The molecule has 31 heavy (non-hydrogen) atoms. The Morgan fingerprint density at radius 3 is 2.68 bits per heavy atom. The van der Waals surface area contributed by atoms with Crippen molar-refractivity contribution in [2.45, 2.75) is 31.6 Å². The lowest BCUT2D eigenvalue weighted by Gasteiger charge is -2.26. The van der Waals surface area contributed by atoms with Crippen LogP contribution in [0.15, 0.2) is 30.6 Å². The molecule has 7 nitrogen and oxygen atoms in total. The summed E-state index contributed by atoms with van der Waals surface area (Å²) in [6.45, 7) is 1.25. The second kappa shape index (κ2) is 7.27. The molecule has 0 aromatic carbocycles. The summed E-state index contributed by atoms with van der Waals surface area (Å²) in [5.74, 6) is 1.08. The van der Waals surface area contributed by atoms with Gasteiger partial charge in [-0.15, -0.1) is 0 Å². The summed E-state index contributed by atoms with van der Waals surface area (Å²) in [4.78, 5) is 16.5. The number of hydrogen-bond donors (Lipinski definition) is 0. The molecular weight excluding hydrogens is 421 g/mol. The smallest absolute Gasteiger partial charge is 0.353 e. The standard InChI is InChI=1S/C19H18F5N7/c20-15(21)10-31-18-12(6-26-31)25-7-17(28-18)29-8-11-4-5-30(13(11)9-29)16-3-1-2-14(27-16)19(22,23)24/h1-3,6-7,11,13,15H,4-5,8-10H2/t11-,13+/m0/s1. The zero-order valence-electron chi connectivity index (χ0n) is 16.2. The molecule has 3 aromatic heterocycles. The van der Waals surface area contributed by atoms with Gasteiger partial charge in [0.15, 0.2) is 5.65 Å². The van der Waals surface area contributed by atoms with E-state index < -0.39 is 24.8 Å². The van der Waals surface area contributed by atoms with Crippen molar-refractivity contribution in [2.24, 2.45) is 5.92 Å². The Bertz CT molecular complexity index is 1100. The highest BCUT2D eigenvalue weighted by Crippen LogP contribution is 2.37.